The Morgan fingerprint density at radius 2 is 1.92 bits per heavy atom. The fourth-order valence-electron chi connectivity index (χ4n) is 1.26. The Hall–Kier alpha value is -0.860. The summed E-state index contributed by atoms with van der Waals surface area (Å²) in [6.45, 7) is 1.57. The van der Waals surface area contributed by atoms with Crippen LogP contribution >= 0.6 is 11.6 Å². The van der Waals surface area contributed by atoms with Crippen LogP contribution in [0, 0.1) is 0 Å². The number of hydrogen-bond acceptors (Lipinski definition) is 2. The summed E-state index contributed by atoms with van der Waals surface area (Å²) in [4.78, 5) is 11.2. The van der Waals surface area contributed by atoms with Gasteiger partial charge < -0.3 is 5.32 Å². The number of rotatable bonds is 3. The van der Waals surface area contributed by atoms with Gasteiger partial charge in [-0.25, -0.2) is 0 Å². The lowest BCUT2D eigenvalue weighted by molar-refractivity contribution is -0.119. The molecule has 0 bridgehead atoms. The van der Waals surface area contributed by atoms with Crippen LogP contribution in [-0.2, 0) is 4.79 Å². The van der Waals surface area contributed by atoms with Gasteiger partial charge in [-0.15, -0.1) is 0 Å². The Bertz CT molecular complexity index is 294. The number of Topliss-reactive ketones (excluding diaryl/α,β-unsaturated/α-hetero) is 1. The minimum atomic E-state index is -0.225. The average Bonchev–Trinajstić information content (AvgIpc) is 2.09. The van der Waals surface area contributed by atoms with Crippen LogP contribution in [0.5, 0.6) is 0 Å². The zero-order valence-corrected chi connectivity index (χ0v) is 8.43. The van der Waals surface area contributed by atoms with Crippen molar-refractivity contribution in [3.8, 4) is 0 Å². The van der Waals surface area contributed by atoms with Gasteiger partial charge in [0, 0.05) is 5.02 Å². The van der Waals surface area contributed by atoms with Gasteiger partial charge in [0.2, 0.25) is 0 Å². The first-order chi connectivity index (χ1) is 6.15. The third-order valence-electron chi connectivity index (χ3n) is 1.90. The van der Waals surface area contributed by atoms with Crippen LogP contribution in [0.1, 0.15) is 18.5 Å². The minimum Gasteiger partial charge on any atom is -0.307 e. The van der Waals surface area contributed by atoms with Gasteiger partial charge in [-0.3, -0.25) is 4.79 Å². The molecule has 1 atom stereocenters. The molecule has 0 fully saturated rings. The summed E-state index contributed by atoms with van der Waals surface area (Å²) in [5.41, 5.74) is 0.944. The third kappa shape index (κ3) is 2.54. The molecule has 13 heavy (non-hydrogen) atoms. The highest BCUT2D eigenvalue weighted by Gasteiger charge is 2.13. The second-order valence-electron chi connectivity index (χ2n) is 2.88. The summed E-state index contributed by atoms with van der Waals surface area (Å²) >= 11 is 5.73. The van der Waals surface area contributed by atoms with Crippen molar-refractivity contribution in [2.24, 2.45) is 0 Å². The number of ketones is 1. The molecule has 2 nitrogen and oxygen atoms in total. The normalized spacial score (nSPS) is 12.5. The molecule has 1 unspecified atom stereocenters. The van der Waals surface area contributed by atoms with E-state index in [1.165, 1.54) is 0 Å². The van der Waals surface area contributed by atoms with Gasteiger partial charge in [-0.2, -0.15) is 0 Å². The molecule has 0 aromatic heterocycles. The molecular formula is C10H12ClNO. The van der Waals surface area contributed by atoms with Crippen molar-refractivity contribution < 1.29 is 4.79 Å². The van der Waals surface area contributed by atoms with E-state index in [1.807, 2.05) is 12.1 Å². The van der Waals surface area contributed by atoms with Crippen molar-refractivity contribution in [2.75, 3.05) is 7.05 Å². The average molecular weight is 198 g/mol. The fraction of sp³-hybridized carbons (Fsp3) is 0.300. The van der Waals surface area contributed by atoms with Crippen molar-refractivity contribution in [2.45, 2.75) is 13.0 Å². The molecular weight excluding hydrogens is 186 g/mol. The molecule has 1 N–H and O–H groups in total. The van der Waals surface area contributed by atoms with Crippen LogP contribution in [0.4, 0.5) is 0 Å². The first kappa shape index (κ1) is 10.2. The molecule has 0 aliphatic heterocycles. The van der Waals surface area contributed by atoms with Crippen molar-refractivity contribution >= 4 is 17.4 Å². The molecule has 1 aromatic carbocycles. The van der Waals surface area contributed by atoms with Crippen LogP contribution in [0.15, 0.2) is 24.3 Å². The van der Waals surface area contributed by atoms with E-state index in [0.29, 0.717) is 5.02 Å². The van der Waals surface area contributed by atoms with E-state index in [1.54, 1.807) is 26.1 Å². The van der Waals surface area contributed by atoms with Gasteiger partial charge in [-0.05, 0) is 31.7 Å². The highest BCUT2D eigenvalue weighted by atomic mass is 35.5. The molecule has 0 saturated heterocycles. The Kier molecular flexibility index (Phi) is 3.46. The summed E-state index contributed by atoms with van der Waals surface area (Å²) < 4.78 is 0. The predicted molar refractivity (Wildman–Crippen MR) is 53.9 cm³/mol. The van der Waals surface area contributed by atoms with E-state index in [-0.39, 0.29) is 11.8 Å². The van der Waals surface area contributed by atoms with E-state index in [9.17, 15) is 4.79 Å². The summed E-state index contributed by atoms with van der Waals surface area (Å²) in [5.74, 6) is 0.102. The summed E-state index contributed by atoms with van der Waals surface area (Å²) in [6, 6.07) is 7.04. The molecule has 0 aliphatic rings. The van der Waals surface area contributed by atoms with Crippen LogP contribution < -0.4 is 5.32 Å². The van der Waals surface area contributed by atoms with Gasteiger partial charge >= 0.3 is 0 Å². The highest BCUT2D eigenvalue weighted by molar-refractivity contribution is 6.30. The topological polar surface area (TPSA) is 29.1 Å². The standard InChI is InChI=1S/C10H12ClNO/c1-7(13)10(12-2)8-3-5-9(11)6-4-8/h3-6,10,12H,1-2H3. The zero-order valence-electron chi connectivity index (χ0n) is 7.67. The number of nitrogens with one attached hydrogen (secondary N) is 1. The van der Waals surface area contributed by atoms with Crippen molar-refractivity contribution in [3.63, 3.8) is 0 Å². The Labute approximate surface area is 82.9 Å². The Morgan fingerprint density at radius 1 is 1.38 bits per heavy atom. The maximum absolute atomic E-state index is 11.2. The number of halogens is 1. The first-order valence-corrected chi connectivity index (χ1v) is 4.46. The van der Waals surface area contributed by atoms with Gasteiger partial charge in [0.05, 0.1) is 6.04 Å². The summed E-state index contributed by atoms with van der Waals surface area (Å²) in [7, 11) is 1.76. The highest BCUT2D eigenvalue weighted by Crippen LogP contribution is 2.16. The largest absolute Gasteiger partial charge is 0.307 e. The monoisotopic (exact) mass is 197 g/mol. The van der Waals surface area contributed by atoms with E-state index >= 15 is 0 Å². The molecule has 1 aromatic rings. The van der Waals surface area contributed by atoms with E-state index < -0.39 is 0 Å². The molecule has 70 valence electrons. The predicted octanol–water partition coefficient (Wildman–Crippen LogP) is 2.19. The van der Waals surface area contributed by atoms with E-state index in [0.717, 1.165) is 5.56 Å². The first-order valence-electron chi connectivity index (χ1n) is 4.08. The lowest BCUT2D eigenvalue weighted by Gasteiger charge is -2.12. The van der Waals surface area contributed by atoms with Gasteiger partial charge in [0.25, 0.3) is 0 Å². The molecule has 0 amide bonds. The maximum Gasteiger partial charge on any atom is 0.151 e. The lowest BCUT2D eigenvalue weighted by atomic mass is 10.0. The number of likely N-dealkylation sites (N-methyl/N-ethyl adjacent to an activating group) is 1. The van der Waals surface area contributed by atoms with Gasteiger partial charge in [0.1, 0.15) is 0 Å². The van der Waals surface area contributed by atoms with E-state index in [4.69, 9.17) is 11.6 Å². The second-order valence-corrected chi connectivity index (χ2v) is 3.32. The molecule has 3 heteroatoms. The summed E-state index contributed by atoms with van der Waals surface area (Å²) in [5, 5.41) is 3.63. The minimum absolute atomic E-state index is 0.102. The zero-order chi connectivity index (χ0) is 9.84. The second kappa shape index (κ2) is 4.40. The molecule has 0 aliphatic carbocycles. The quantitative estimate of drug-likeness (QED) is 0.805. The molecule has 0 saturated carbocycles. The van der Waals surface area contributed by atoms with Crippen LogP contribution in [0.25, 0.3) is 0 Å². The van der Waals surface area contributed by atoms with E-state index in [2.05, 4.69) is 5.32 Å². The number of hydrogen-bond donors (Lipinski definition) is 1. The van der Waals surface area contributed by atoms with Crippen LogP contribution in [-0.4, -0.2) is 12.8 Å². The number of carbonyl (C=O) groups is 1. The molecule has 0 radical (unpaired) electrons. The van der Waals surface area contributed by atoms with Gasteiger partial charge in [0.15, 0.2) is 5.78 Å². The third-order valence-corrected chi connectivity index (χ3v) is 2.15. The Morgan fingerprint density at radius 3 is 2.31 bits per heavy atom. The summed E-state index contributed by atoms with van der Waals surface area (Å²) in [6.07, 6.45) is 0. The SMILES string of the molecule is CNC(C(C)=O)c1ccc(Cl)cc1. The molecule has 1 rings (SSSR count). The van der Waals surface area contributed by atoms with Crippen LogP contribution in [0.2, 0.25) is 5.02 Å². The molecule has 0 spiro atoms. The van der Waals surface area contributed by atoms with Crippen LogP contribution in [0.3, 0.4) is 0 Å². The Balaban J connectivity index is 2.92. The van der Waals surface area contributed by atoms with Crippen molar-refractivity contribution in [1.82, 2.24) is 5.32 Å². The van der Waals surface area contributed by atoms with Gasteiger partial charge in [-0.1, -0.05) is 23.7 Å². The molecule has 0 heterocycles. The number of carbonyl (C=O) groups excluding carboxylic acids is 1. The maximum atomic E-state index is 11.2. The lowest BCUT2D eigenvalue weighted by Crippen LogP contribution is -2.23. The van der Waals surface area contributed by atoms with Crippen molar-refractivity contribution in [1.29, 1.82) is 0 Å². The number of benzene rings is 1. The fourth-order valence-corrected chi connectivity index (χ4v) is 1.39. The van der Waals surface area contributed by atoms with Crippen molar-refractivity contribution in [3.05, 3.63) is 34.9 Å². The smallest absolute Gasteiger partial charge is 0.151 e.